The Morgan fingerprint density at radius 2 is 1.88 bits per heavy atom. The van der Waals surface area contributed by atoms with Crippen LogP contribution in [0.15, 0.2) is 36.5 Å². The van der Waals surface area contributed by atoms with E-state index >= 15 is 0 Å². The first-order valence-corrected chi connectivity index (χ1v) is 8.38. The highest BCUT2D eigenvalue weighted by Crippen LogP contribution is 2.32. The van der Waals surface area contributed by atoms with Gasteiger partial charge in [-0.05, 0) is 43.7 Å². The monoisotopic (exact) mass is 352 g/mol. The van der Waals surface area contributed by atoms with Crippen LogP contribution in [0, 0.1) is 13.8 Å². The van der Waals surface area contributed by atoms with Crippen LogP contribution in [0.2, 0.25) is 0 Å². The van der Waals surface area contributed by atoms with Crippen molar-refractivity contribution < 1.29 is 14.3 Å². The molecule has 1 aliphatic heterocycles. The van der Waals surface area contributed by atoms with E-state index in [-0.39, 0.29) is 12.7 Å². The van der Waals surface area contributed by atoms with Gasteiger partial charge in [0.1, 0.15) is 11.4 Å². The molecule has 7 nitrogen and oxygen atoms in total. The highest BCUT2D eigenvalue weighted by Gasteiger charge is 2.20. The Morgan fingerprint density at radius 1 is 1.15 bits per heavy atom. The van der Waals surface area contributed by atoms with Crippen molar-refractivity contribution in [1.82, 2.24) is 19.7 Å². The smallest absolute Gasteiger partial charge is 0.256 e. The van der Waals surface area contributed by atoms with Crippen molar-refractivity contribution in [2.45, 2.75) is 20.4 Å². The van der Waals surface area contributed by atoms with Crippen molar-refractivity contribution in [1.29, 1.82) is 0 Å². The van der Waals surface area contributed by atoms with Crippen LogP contribution in [-0.4, -0.2) is 27.0 Å². The van der Waals surface area contributed by atoms with Crippen LogP contribution >= 0.6 is 0 Å². The third-order valence-corrected chi connectivity index (χ3v) is 4.53. The van der Waals surface area contributed by atoms with Gasteiger partial charge in [-0.25, -0.2) is 0 Å². The van der Waals surface area contributed by atoms with Crippen LogP contribution in [0.1, 0.15) is 27.3 Å². The van der Waals surface area contributed by atoms with E-state index < -0.39 is 0 Å². The lowest BCUT2D eigenvalue weighted by atomic mass is 10.2. The van der Waals surface area contributed by atoms with Gasteiger partial charge in [-0.1, -0.05) is 6.07 Å². The van der Waals surface area contributed by atoms with Crippen LogP contribution in [0.5, 0.6) is 11.5 Å². The van der Waals surface area contributed by atoms with Crippen molar-refractivity contribution in [3.8, 4) is 17.3 Å². The second kappa shape index (κ2) is 6.25. The average Bonchev–Trinajstić information content (AvgIpc) is 3.32. The van der Waals surface area contributed by atoms with E-state index in [1.165, 1.54) is 0 Å². The molecule has 0 aliphatic carbocycles. The molecule has 134 valence electrons. The number of hydrogen-bond acceptors (Lipinski definition) is 4. The molecular formula is C19H20N4O3. The van der Waals surface area contributed by atoms with Crippen LogP contribution < -0.4 is 14.8 Å². The second-order valence-electron chi connectivity index (χ2n) is 6.33. The number of aromatic nitrogens is 3. The lowest BCUT2D eigenvalue weighted by Gasteiger charge is -2.12. The summed E-state index contributed by atoms with van der Waals surface area (Å²) in [4.78, 5) is 12.8. The zero-order valence-electron chi connectivity index (χ0n) is 14.9. The molecule has 0 saturated heterocycles. The molecule has 0 saturated carbocycles. The maximum Gasteiger partial charge on any atom is 0.256 e. The molecule has 3 aromatic rings. The number of amides is 1. The van der Waals surface area contributed by atoms with E-state index in [1.54, 1.807) is 10.9 Å². The summed E-state index contributed by atoms with van der Waals surface area (Å²) < 4.78 is 14.4. The summed E-state index contributed by atoms with van der Waals surface area (Å²) in [5.74, 6) is 2.03. The van der Waals surface area contributed by atoms with Gasteiger partial charge in [-0.3, -0.25) is 9.48 Å². The fourth-order valence-corrected chi connectivity index (χ4v) is 3.19. The molecule has 0 spiro atoms. The Bertz CT molecular complexity index is 967. The predicted molar refractivity (Wildman–Crippen MR) is 95.7 cm³/mol. The number of rotatable bonds is 4. The molecule has 2 aromatic heterocycles. The number of nitrogens with one attached hydrogen (secondary N) is 1. The first kappa shape index (κ1) is 16.3. The van der Waals surface area contributed by atoms with Crippen molar-refractivity contribution in [2.24, 2.45) is 7.05 Å². The van der Waals surface area contributed by atoms with Crippen LogP contribution in [-0.2, 0) is 13.6 Å². The lowest BCUT2D eigenvalue weighted by molar-refractivity contribution is 0.0950. The van der Waals surface area contributed by atoms with E-state index in [0.717, 1.165) is 28.5 Å². The maximum atomic E-state index is 12.8. The average molecular weight is 352 g/mol. The summed E-state index contributed by atoms with van der Waals surface area (Å²) in [6.45, 7) is 4.65. The Balaban J connectivity index is 1.56. The number of carbonyl (C=O) groups is 1. The quantitative estimate of drug-likeness (QED) is 0.783. The molecule has 1 aliphatic rings. The van der Waals surface area contributed by atoms with Gasteiger partial charge in [0.25, 0.3) is 5.91 Å². The van der Waals surface area contributed by atoms with Crippen molar-refractivity contribution in [2.75, 3.05) is 6.79 Å². The third-order valence-electron chi connectivity index (χ3n) is 4.53. The first-order valence-electron chi connectivity index (χ1n) is 8.38. The van der Waals surface area contributed by atoms with E-state index in [2.05, 4.69) is 10.4 Å². The van der Waals surface area contributed by atoms with Crippen LogP contribution in [0.3, 0.4) is 0 Å². The van der Waals surface area contributed by atoms with Gasteiger partial charge in [0, 0.05) is 25.0 Å². The van der Waals surface area contributed by atoms with E-state index in [4.69, 9.17) is 9.47 Å². The normalized spacial score (nSPS) is 12.4. The Hall–Kier alpha value is -3.22. The van der Waals surface area contributed by atoms with Crippen molar-refractivity contribution >= 4 is 5.91 Å². The third kappa shape index (κ3) is 2.71. The van der Waals surface area contributed by atoms with Gasteiger partial charge in [-0.15, -0.1) is 0 Å². The fourth-order valence-electron chi connectivity index (χ4n) is 3.19. The molecule has 0 radical (unpaired) electrons. The molecule has 7 heteroatoms. The first-order chi connectivity index (χ1) is 12.5. The maximum absolute atomic E-state index is 12.8. The zero-order chi connectivity index (χ0) is 18.3. The molecule has 4 rings (SSSR count). The summed E-state index contributed by atoms with van der Waals surface area (Å²) >= 11 is 0. The van der Waals surface area contributed by atoms with Crippen LogP contribution in [0.4, 0.5) is 0 Å². The summed E-state index contributed by atoms with van der Waals surface area (Å²) in [5, 5.41) is 7.24. The topological polar surface area (TPSA) is 70.3 Å². The lowest BCUT2D eigenvalue weighted by Crippen LogP contribution is -2.24. The summed E-state index contributed by atoms with van der Waals surface area (Å²) in [6.07, 6.45) is 1.60. The van der Waals surface area contributed by atoms with Gasteiger partial charge in [0.2, 0.25) is 6.79 Å². The highest BCUT2D eigenvalue weighted by atomic mass is 16.7. The van der Waals surface area contributed by atoms with Gasteiger partial charge < -0.3 is 19.4 Å². The number of carbonyl (C=O) groups excluding carboxylic acids is 1. The van der Waals surface area contributed by atoms with E-state index in [1.807, 2.05) is 55.8 Å². The van der Waals surface area contributed by atoms with E-state index in [0.29, 0.717) is 17.9 Å². The molecular weight excluding hydrogens is 332 g/mol. The molecule has 26 heavy (non-hydrogen) atoms. The largest absolute Gasteiger partial charge is 0.454 e. The molecule has 1 amide bonds. The molecule has 1 N–H and O–H groups in total. The minimum Gasteiger partial charge on any atom is -0.454 e. The number of fused-ring (bicyclic) bond motifs is 1. The SMILES string of the molecule is Cc1ccc(C)n1-c1c(C(=O)NCc2ccc3c(c2)OCO3)cnn1C. The number of ether oxygens (including phenoxy) is 2. The molecule has 0 unspecified atom stereocenters. The summed E-state index contributed by atoms with van der Waals surface area (Å²) in [6, 6.07) is 9.70. The molecule has 3 heterocycles. The van der Waals surface area contributed by atoms with Gasteiger partial charge in [0.05, 0.1) is 6.20 Å². The number of nitrogens with zero attached hydrogens (tertiary/aromatic N) is 3. The summed E-state index contributed by atoms with van der Waals surface area (Å²) in [5.41, 5.74) is 3.59. The van der Waals surface area contributed by atoms with Gasteiger partial charge >= 0.3 is 0 Å². The van der Waals surface area contributed by atoms with Gasteiger partial charge in [-0.2, -0.15) is 5.10 Å². The fraction of sp³-hybridized carbons (Fsp3) is 0.263. The predicted octanol–water partition coefficient (Wildman–Crippen LogP) is 2.49. The molecule has 1 aromatic carbocycles. The molecule has 0 atom stereocenters. The Kier molecular flexibility index (Phi) is 3.91. The minimum atomic E-state index is -0.168. The number of hydrogen-bond donors (Lipinski definition) is 1. The zero-order valence-corrected chi connectivity index (χ0v) is 14.9. The Morgan fingerprint density at radius 3 is 2.65 bits per heavy atom. The van der Waals surface area contributed by atoms with Crippen molar-refractivity contribution in [3.63, 3.8) is 0 Å². The van der Waals surface area contributed by atoms with E-state index in [9.17, 15) is 4.79 Å². The highest BCUT2D eigenvalue weighted by molar-refractivity contribution is 5.97. The standard InChI is InChI=1S/C19H20N4O3/c1-12-4-5-13(2)23(12)19-15(10-21-22(19)3)18(24)20-9-14-6-7-16-17(8-14)26-11-25-16/h4-8,10H,9,11H2,1-3H3,(H,20,24). The van der Waals surface area contributed by atoms with Crippen molar-refractivity contribution in [3.05, 3.63) is 59.0 Å². The second-order valence-corrected chi connectivity index (χ2v) is 6.33. The van der Waals surface area contributed by atoms with Crippen LogP contribution in [0.25, 0.3) is 5.82 Å². The molecule has 0 bridgehead atoms. The number of aryl methyl sites for hydroxylation is 3. The summed E-state index contributed by atoms with van der Waals surface area (Å²) in [7, 11) is 1.84. The minimum absolute atomic E-state index is 0.168. The Labute approximate surface area is 151 Å². The van der Waals surface area contributed by atoms with Gasteiger partial charge in [0.15, 0.2) is 11.5 Å². The number of benzene rings is 1. The molecule has 0 fully saturated rings.